The number of ether oxygens (including phenoxy) is 1. The SMILES string of the molecule is O=C(Nc1ccc(S(=O)(=O)Nc2cccnc2)cc1)C1CN(S(=O)(=O)c2ccccc2)c2ccccc2O1. The number of aromatic nitrogens is 1. The van der Waals surface area contributed by atoms with Gasteiger partial charge in [0, 0.05) is 11.9 Å². The van der Waals surface area contributed by atoms with Crippen molar-refractivity contribution in [3.63, 3.8) is 0 Å². The average molecular weight is 551 g/mol. The summed E-state index contributed by atoms with van der Waals surface area (Å²) in [4.78, 5) is 17.1. The van der Waals surface area contributed by atoms with Gasteiger partial charge < -0.3 is 10.1 Å². The molecule has 0 bridgehead atoms. The summed E-state index contributed by atoms with van der Waals surface area (Å²) in [5, 5.41) is 2.67. The quantitative estimate of drug-likeness (QED) is 0.360. The number of amides is 1. The van der Waals surface area contributed by atoms with E-state index in [0.29, 0.717) is 17.1 Å². The lowest BCUT2D eigenvalue weighted by atomic mass is 10.2. The van der Waals surface area contributed by atoms with E-state index in [4.69, 9.17) is 4.74 Å². The molecule has 1 atom stereocenters. The molecule has 38 heavy (non-hydrogen) atoms. The highest BCUT2D eigenvalue weighted by Crippen LogP contribution is 2.37. The predicted molar refractivity (Wildman–Crippen MR) is 142 cm³/mol. The fraction of sp³-hybridized carbons (Fsp3) is 0.0769. The van der Waals surface area contributed by atoms with Gasteiger partial charge in [-0.15, -0.1) is 0 Å². The molecule has 0 spiro atoms. The zero-order valence-electron chi connectivity index (χ0n) is 19.8. The second kappa shape index (κ2) is 10.1. The normalized spacial score (nSPS) is 15.2. The summed E-state index contributed by atoms with van der Waals surface area (Å²) in [5.41, 5.74) is 0.959. The molecule has 1 aromatic heterocycles. The minimum absolute atomic E-state index is 0.0117. The molecule has 10 nitrogen and oxygen atoms in total. The number of benzene rings is 3. The van der Waals surface area contributed by atoms with E-state index in [1.165, 1.54) is 48.8 Å². The molecule has 5 rings (SSSR count). The van der Waals surface area contributed by atoms with Gasteiger partial charge in [0.2, 0.25) is 0 Å². The Balaban J connectivity index is 1.34. The van der Waals surface area contributed by atoms with Crippen LogP contribution in [-0.4, -0.2) is 40.4 Å². The van der Waals surface area contributed by atoms with Crippen LogP contribution < -0.4 is 19.1 Å². The molecule has 1 amide bonds. The first-order chi connectivity index (χ1) is 18.2. The van der Waals surface area contributed by atoms with Gasteiger partial charge in [0.25, 0.3) is 26.0 Å². The Labute approximate surface area is 220 Å². The average Bonchev–Trinajstić information content (AvgIpc) is 2.93. The summed E-state index contributed by atoms with van der Waals surface area (Å²) < 4.78 is 61.5. The first-order valence-electron chi connectivity index (χ1n) is 11.4. The van der Waals surface area contributed by atoms with Crippen molar-refractivity contribution in [1.29, 1.82) is 0 Å². The molecule has 2 N–H and O–H groups in total. The second-order valence-corrected chi connectivity index (χ2v) is 11.8. The van der Waals surface area contributed by atoms with Gasteiger partial charge in [0.05, 0.1) is 33.9 Å². The number of nitrogens with one attached hydrogen (secondary N) is 2. The molecule has 0 aliphatic carbocycles. The summed E-state index contributed by atoms with van der Waals surface area (Å²) in [7, 11) is -7.83. The topological polar surface area (TPSA) is 135 Å². The van der Waals surface area contributed by atoms with Crippen LogP contribution in [0.5, 0.6) is 5.75 Å². The highest BCUT2D eigenvalue weighted by molar-refractivity contribution is 7.93. The Morgan fingerprint density at radius 3 is 2.24 bits per heavy atom. The van der Waals surface area contributed by atoms with Gasteiger partial charge in [-0.25, -0.2) is 16.8 Å². The molecule has 0 fully saturated rings. The van der Waals surface area contributed by atoms with Crippen molar-refractivity contribution in [2.24, 2.45) is 0 Å². The molecular weight excluding hydrogens is 528 g/mol. The number of nitrogens with zero attached hydrogens (tertiary/aromatic N) is 2. The Bertz CT molecular complexity index is 1660. The lowest BCUT2D eigenvalue weighted by Gasteiger charge is -2.34. The van der Waals surface area contributed by atoms with Crippen molar-refractivity contribution in [2.45, 2.75) is 15.9 Å². The monoisotopic (exact) mass is 550 g/mol. The minimum Gasteiger partial charge on any atom is -0.476 e. The Hall–Kier alpha value is -4.42. The smallest absolute Gasteiger partial charge is 0.267 e. The fourth-order valence-electron chi connectivity index (χ4n) is 3.86. The third kappa shape index (κ3) is 5.17. The van der Waals surface area contributed by atoms with Crippen molar-refractivity contribution >= 4 is 43.0 Å². The van der Waals surface area contributed by atoms with Gasteiger partial charge in [0.15, 0.2) is 6.10 Å². The third-order valence-corrected chi connectivity index (χ3v) is 8.90. The number of anilines is 3. The summed E-state index contributed by atoms with van der Waals surface area (Å²) in [5.74, 6) is -0.335. The van der Waals surface area contributed by atoms with E-state index in [0.717, 1.165) is 4.31 Å². The van der Waals surface area contributed by atoms with Crippen molar-refractivity contribution in [1.82, 2.24) is 4.98 Å². The van der Waals surface area contributed by atoms with Crippen molar-refractivity contribution in [3.05, 3.63) is 103 Å². The van der Waals surface area contributed by atoms with Crippen molar-refractivity contribution in [2.75, 3.05) is 20.9 Å². The lowest BCUT2D eigenvalue weighted by Crippen LogP contribution is -2.48. The maximum absolute atomic E-state index is 13.4. The van der Waals surface area contributed by atoms with E-state index in [1.54, 1.807) is 54.6 Å². The van der Waals surface area contributed by atoms with E-state index >= 15 is 0 Å². The molecule has 1 aliphatic rings. The Kier molecular flexibility index (Phi) is 6.74. The first kappa shape index (κ1) is 25.2. The number of pyridine rings is 1. The zero-order valence-corrected chi connectivity index (χ0v) is 21.4. The second-order valence-electron chi connectivity index (χ2n) is 8.28. The van der Waals surface area contributed by atoms with Crippen LogP contribution in [0.15, 0.2) is 113 Å². The van der Waals surface area contributed by atoms with Crippen LogP contribution in [0.1, 0.15) is 0 Å². The maximum Gasteiger partial charge on any atom is 0.267 e. The van der Waals surface area contributed by atoms with Gasteiger partial charge in [-0.3, -0.25) is 18.8 Å². The third-order valence-electron chi connectivity index (χ3n) is 5.70. The van der Waals surface area contributed by atoms with Crippen LogP contribution in [0.3, 0.4) is 0 Å². The van der Waals surface area contributed by atoms with Crippen LogP contribution in [0, 0.1) is 0 Å². The van der Waals surface area contributed by atoms with Gasteiger partial charge in [-0.05, 0) is 60.7 Å². The summed E-state index contributed by atoms with van der Waals surface area (Å²) in [6, 6.07) is 23.3. The fourth-order valence-corrected chi connectivity index (χ4v) is 6.40. The standard InChI is InChI=1S/C26H22N4O6S2/c31-26(28-19-12-14-21(15-13-19)37(32,33)29-20-7-6-16-27-17-20)25-18-30(23-10-4-5-11-24(23)36-25)38(34,35)22-8-2-1-3-9-22/h1-17,25,29H,18H2,(H,28,31). The van der Waals surface area contributed by atoms with E-state index in [2.05, 4.69) is 15.0 Å². The molecule has 4 aromatic rings. The molecule has 12 heteroatoms. The highest BCUT2D eigenvalue weighted by atomic mass is 32.2. The lowest BCUT2D eigenvalue weighted by molar-refractivity contribution is -0.122. The van der Waals surface area contributed by atoms with Gasteiger partial charge >= 0.3 is 0 Å². The van der Waals surface area contributed by atoms with Crippen molar-refractivity contribution in [3.8, 4) is 5.75 Å². The van der Waals surface area contributed by atoms with E-state index in [1.807, 2.05) is 0 Å². The molecule has 2 heterocycles. The van der Waals surface area contributed by atoms with E-state index in [9.17, 15) is 21.6 Å². The van der Waals surface area contributed by atoms with Crippen LogP contribution in [0.4, 0.5) is 17.1 Å². The number of para-hydroxylation sites is 2. The largest absolute Gasteiger partial charge is 0.476 e. The molecule has 0 saturated carbocycles. The molecule has 0 radical (unpaired) electrons. The van der Waals surface area contributed by atoms with Gasteiger partial charge in [0.1, 0.15) is 5.75 Å². The number of hydrogen-bond donors (Lipinski definition) is 2. The van der Waals surface area contributed by atoms with Crippen molar-refractivity contribution < 1.29 is 26.4 Å². The molecule has 1 unspecified atom stereocenters. The number of fused-ring (bicyclic) bond motifs is 1. The highest BCUT2D eigenvalue weighted by Gasteiger charge is 2.37. The van der Waals surface area contributed by atoms with Crippen LogP contribution >= 0.6 is 0 Å². The van der Waals surface area contributed by atoms with Crippen LogP contribution in [0.25, 0.3) is 0 Å². The Morgan fingerprint density at radius 2 is 1.53 bits per heavy atom. The maximum atomic E-state index is 13.4. The number of sulfonamides is 2. The first-order valence-corrected chi connectivity index (χ1v) is 14.3. The molecule has 0 saturated heterocycles. The molecule has 3 aromatic carbocycles. The van der Waals surface area contributed by atoms with E-state index in [-0.39, 0.29) is 22.1 Å². The summed E-state index contributed by atoms with van der Waals surface area (Å²) in [6.45, 7) is -0.248. The number of hydrogen-bond acceptors (Lipinski definition) is 7. The van der Waals surface area contributed by atoms with Crippen LogP contribution in [-0.2, 0) is 24.8 Å². The molecule has 1 aliphatic heterocycles. The number of carbonyl (C=O) groups is 1. The summed E-state index contributed by atoms with van der Waals surface area (Å²) >= 11 is 0. The molecule has 194 valence electrons. The number of rotatable bonds is 7. The minimum atomic E-state index is -3.97. The zero-order chi connectivity index (χ0) is 26.8. The molecular formula is C26H22N4O6S2. The van der Waals surface area contributed by atoms with E-state index < -0.39 is 32.1 Å². The Morgan fingerprint density at radius 1 is 0.816 bits per heavy atom. The van der Waals surface area contributed by atoms with Crippen LogP contribution in [0.2, 0.25) is 0 Å². The van der Waals surface area contributed by atoms with Gasteiger partial charge in [-0.1, -0.05) is 30.3 Å². The predicted octanol–water partition coefficient (Wildman–Crippen LogP) is 3.48. The van der Waals surface area contributed by atoms with Gasteiger partial charge in [-0.2, -0.15) is 0 Å². The number of carbonyl (C=O) groups excluding carboxylic acids is 1. The summed E-state index contributed by atoms with van der Waals surface area (Å²) in [6.07, 6.45) is 1.76.